The summed E-state index contributed by atoms with van der Waals surface area (Å²) in [6, 6.07) is 0. The van der Waals surface area contributed by atoms with Crippen molar-refractivity contribution in [3.05, 3.63) is 0 Å². The van der Waals surface area contributed by atoms with E-state index in [-0.39, 0.29) is 11.2 Å². The minimum absolute atomic E-state index is 0.127. The van der Waals surface area contributed by atoms with Gasteiger partial charge < -0.3 is 0 Å². The largest absolute Gasteiger partial charge is 0.281 e. The lowest BCUT2D eigenvalue weighted by Crippen LogP contribution is -2.17. The van der Waals surface area contributed by atoms with Gasteiger partial charge in [-0.05, 0) is 36.3 Å². The van der Waals surface area contributed by atoms with Crippen LogP contribution in [-0.2, 0) is 4.79 Å². The third kappa shape index (κ3) is 1.72. The Morgan fingerprint density at radius 1 is 1.50 bits per heavy atom. The first-order valence-electron chi connectivity index (χ1n) is 3.82. The zero-order valence-corrected chi connectivity index (χ0v) is 7.19. The fourth-order valence-electron chi connectivity index (χ4n) is 1.45. The average molecular weight is 161 g/mol. The number of carbonyl (C=O) groups is 1. The molecule has 0 aromatic heterocycles. The zero-order valence-electron chi connectivity index (χ0n) is 6.43. The molecule has 1 aliphatic rings. The number of hydrogen-bond acceptors (Lipinski definition) is 1. The molecule has 0 radical (unpaired) electrons. The van der Waals surface area contributed by atoms with E-state index in [1.807, 2.05) is 0 Å². The molecule has 1 atom stereocenters. The monoisotopic (exact) mass is 160 g/mol. The molecule has 0 aromatic rings. The Balaban J connectivity index is 2.49. The predicted molar refractivity (Wildman–Crippen MR) is 41.9 cm³/mol. The van der Waals surface area contributed by atoms with E-state index in [9.17, 15) is 4.79 Å². The van der Waals surface area contributed by atoms with Gasteiger partial charge >= 0.3 is 0 Å². The van der Waals surface area contributed by atoms with Crippen molar-refractivity contribution in [2.75, 3.05) is 0 Å². The van der Waals surface area contributed by atoms with Gasteiger partial charge in [-0.1, -0.05) is 13.8 Å². The van der Waals surface area contributed by atoms with Gasteiger partial charge in [0, 0.05) is 5.92 Å². The molecule has 1 rings (SSSR count). The van der Waals surface area contributed by atoms with Crippen molar-refractivity contribution < 1.29 is 4.79 Å². The average Bonchev–Trinajstić information content (AvgIpc) is 2.46. The molecular weight excluding hydrogens is 148 g/mol. The van der Waals surface area contributed by atoms with E-state index >= 15 is 0 Å². The molecule has 2 heteroatoms. The van der Waals surface area contributed by atoms with Crippen LogP contribution in [0.15, 0.2) is 0 Å². The van der Waals surface area contributed by atoms with Crippen molar-refractivity contribution in [3.8, 4) is 0 Å². The Kier molecular flexibility index (Phi) is 2.35. The summed E-state index contributed by atoms with van der Waals surface area (Å²) in [5.41, 5.74) is 0. The quantitative estimate of drug-likeness (QED) is 0.580. The maximum Gasteiger partial charge on any atom is 0.225 e. The Morgan fingerprint density at radius 3 is 2.10 bits per heavy atom. The number of hydrogen-bond donors (Lipinski definition) is 0. The third-order valence-corrected chi connectivity index (χ3v) is 2.36. The van der Waals surface area contributed by atoms with Gasteiger partial charge in [0.1, 0.15) is 0 Å². The van der Waals surface area contributed by atoms with Crippen molar-refractivity contribution in [1.82, 2.24) is 0 Å². The number of carbonyl (C=O) groups excluding carboxylic acids is 1. The molecule has 1 unspecified atom stereocenters. The second-order valence-corrected chi connectivity index (χ2v) is 3.78. The highest BCUT2D eigenvalue weighted by molar-refractivity contribution is 6.64. The molecule has 0 bridgehead atoms. The molecule has 10 heavy (non-hydrogen) atoms. The summed E-state index contributed by atoms with van der Waals surface area (Å²) in [4.78, 5) is 10.8. The zero-order chi connectivity index (χ0) is 7.72. The van der Waals surface area contributed by atoms with Gasteiger partial charge in [0.05, 0.1) is 0 Å². The highest BCUT2D eigenvalue weighted by Crippen LogP contribution is 2.41. The van der Waals surface area contributed by atoms with Crippen LogP contribution in [0.3, 0.4) is 0 Å². The number of halogens is 1. The van der Waals surface area contributed by atoms with E-state index in [4.69, 9.17) is 11.6 Å². The van der Waals surface area contributed by atoms with Gasteiger partial charge in [0.25, 0.3) is 0 Å². The molecule has 0 saturated heterocycles. The minimum atomic E-state index is -0.141. The second kappa shape index (κ2) is 2.91. The molecule has 0 aliphatic heterocycles. The summed E-state index contributed by atoms with van der Waals surface area (Å²) in [5.74, 6) is 1.14. The van der Waals surface area contributed by atoms with Gasteiger partial charge in [-0.25, -0.2) is 0 Å². The Morgan fingerprint density at radius 2 is 2.00 bits per heavy atom. The minimum Gasteiger partial charge on any atom is -0.281 e. The van der Waals surface area contributed by atoms with Crippen molar-refractivity contribution in [1.29, 1.82) is 0 Å². The van der Waals surface area contributed by atoms with Crippen LogP contribution < -0.4 is 0 Å². The van der Waals surface area contributed by atoms with Crippen LogP contribution in [0.5, 0.6) is 0 Å². The van der Waals surface area contributed by atoms with Crippen LogP contribution in [0.1, 0.15) is 26.7 Å². The maximum atomic E-state index is 10.8. The summed E-state index contributed by atoms with van der Waals surface area (Å²) in [6.45, 7) is 4.12. The van der Waals surface area contributed by atoms with Crippen LogP contribution in [0, 0.1) is 17.8 Å². The van der Waals surface area contributed by atoms with E-state index < -0.39 is 0 Å². The molecule has 0 N–H and O–H groups in total. The van der Waals surface area contributed by atoms with Crippen LogP contribution >= 0.6 is 11.6 Å². The summed E-state index contributed by atoms with van der Waals surface area (Å²) in [5, 5.41) is -0.141. The van der Waals surface area contributed by atoms with Gasteiger partial charge in [-0.15, -0.1) is 0 Å². The van der Waals surface area contributed by atoms with Gasteiger partial charge in [0.15, 0.2) is 0 Å². The Hall–Kier alpha value is -0.0400. The van der Waals surface area contributed by atoms with Crippen LogP contribution in [-0.4, -0.2) is 5.24 Å². The molecule has 0 spiro atoms. The molecule has 0 amide bonds. The molecular formula is C8H13ClO. The molecule has 1 nitrogen and oxygen atoms in total. The summed E-state index contributed by atoms with van der Waals surface area (Å²) < 4.78 is 0. The highest BCUT2D eigenvalue weighted by Gasteiger charge is 2.36. The van der Waals surface area contributed by atoms with Gasteiger partial charge in [0.2, 0.25) is 5.24 Å². The van der Waals surface area contributed by atoms with Crippen LogP contribution in [0.25, 0.3) is 0 Å². The van der Waals surface area contributed by atoms with Gasteiger partial charge in [-0.3, -0.25) is 4.79 Å². The number of rotatable bonds is 3. The van der Waals surface area contributed by atoms with Crippen LogP contribution in [0.4, 0.5) is 0 Å². The predicted octanol–water partition coefficient (Wildman–Crippen LogP) is 2.43. The molecule has 0 aromatic carbocycles. The topological polar surface area (TPSA) is 17.1 Å². The van der Waals surface area contributed by atoms with E-state index in [1.54, 1.807) is 0 Å². The van der Waals surface area contributed by atoms with Crippen molar-refractivity contribution in [3.63, 3.8) is 0 Å². The normalized spacial score (nSPS) is 21.2. The highest BCUT2D eigenvalue weighted by atomic mass is 35.5. The summed E-state index contributed by atoms with van der Waals surface area (Å²) in [6.07, 6.45) is 2.39. The van der Waals surface area contributed by atoms with E-state index in [0.717, 1.165) is 0 Å². The lowest BCUT2D eigenvalue weighted by molar-refractivity contribution is -0.116. The first-order chi connectivity index (χ1) is 4.63. The van der Waals surface area contributed by atoms with Crippen LogP contribution in [0.2, 0.25) is 0 Å². The third-order valence-electron chi connectivity index (χ3n) is 2.11. The van der Waals surface area contributed by atoms with E-state index in [0.29, 0.717) is 11.8 Å². The lowest BCUT2D eigenvalue weighted by Gasteiger charge is -2.14. The smallest absolute Gasteiger partial charge is 0.225 e. The molecule has 1 fully saturated rings. The van der Waals surface area contributed by atoms with Crippen molar-refractivity contribution in [2.45, 2.75) is 26.7 Å². The van der Waals surface area contributed by atoms with Crippen molar-refractivity contribution >= 4 is 16.8 Å². The fraction of sp³-hybridized carbons (Fsp3) is 0.875. The summed E-state index contributed by atoms with van der Waals surface area (Å²) >= 11 is 5.43. The molecule has 1 aliphatic carbocycles. The molecule has 0 heterocycles. The fourth-order valence-corrected chi connectivity index (χ4v) is 1.88. The Bertz CT molecular complexity index is 136. The SMILES string of the molecule is CC(C)C(C(=O)Cl)C1CC1. The van der Waals surface area contributed by atoms with E-state index in [1.165, 1.54) is 12.8 Å². The first-order valence-corrected chi connectivity index (χ1v) is 4.20. The molecule has 1 saturated carbocycles. The maximum absolute atomic E-state index is 10.8. The van der Waals surface area contributed by atoms with Crippen molar-refractivity contribution in [2.24, 2.45) is 17.8 Å². The second-order valence-electron chi connectivity index (χ2n) is 3.41. The van der Waals surface area contributed by atoms with Gasteiger partial charge in [-0.2, -0.15) is 0 Å². The summed E-state index contributed by atoms with van der Waals surface area (Å²) in [7, 11) is 0. The molecule has 58 valence electrons. The lowest BCUT2D eigenvalue weighted by atomic mass is 9.92. The van der Waals surface area contributed by atoms with E-state index in [2.05, 4.69) is 13.8 Å². The standard InChI is InChI=1S/C8H13ClO/c1-5(2)7(8(9)10)6-3-4-6/h5-7H,3-4H2,1-2H3. The first kappa shape index (κ1) is 8.06. The Labute approximate surface area is 66.8 Å².